The van der Waals surface area contributed by atoms with E-state index in [1.54, 1.807) is 35.0 Å². The second-order valence-electron chi connectivity index (χ2n) is 6.75. The lowest BCUT2D eigenvalue weighted by Crippen LogP contribution is -2.28. The van der Waals surface area contributed by atoms with E-state index in [9.17, 15) is 9.59 Å². The fourth-order valence-corrected chi connectivity index (χ4v) is 4.17. The van der Waals surface area contributed by atoms with Crippen LogP contribution in [0, 0.1) is 0 Å². The smallest absolute Gasteiger partial charge is 0.291 e. The van der Waals surface area contributed by atoms with E-state index in [1.807, 2.05) is 18.2 Å². The number of hydrogen-bond acceptors (Lipinski definition) is 5. The van der Waals surface area contributed by atoms with Crippen molar-refractivity contribution in [3.8, 4) is 0 Å². The van der Waals surface area contributed by atoms with E-state index in [-0.39, 0.29) is 23.6 Å². The summed E-state index contributed by atoms with van der Waals surface area (Å²) in [5.41, 5.74) is 0.675. The monoisotopic (exact) mass is 395 g/mol. The van der Waals surface area contributed by atoms with Gasteiger partial charge in [-0.05, 0) is 49.2 Å². The molecule has 1 amide bonds. The molecular formula is C21H21N3O3S. The number of furan rings is 1. The topological polar surface area (TPSA) is 76.6 Å². The molecule has 1 N–H and O–H groups in total. The van der Waals surface area contributed by atoms with Crippen molar-refractivity contribution in [2.45, 2.75) is 38.1 Å². The maximum Gasteiger partial charge on any atom is 0.291 e. The van der Waals surface area contributed by atoms with Gasteiger partial charge in [-0.15, -0.1) is 11.3 Å². The van der Waals surface area contributed by atoms with Gasteiger partial charge in [-0.25, -0.2) is 0 Å². The Morgan fingerprint density at radius 1 is 1.07 bits per heavy atom. The molecule has 0 atom stereocenters. The summed E-state index contributed by atoms with van der Waals surface area (Å²) >= 11 is 1.23. The lowest BCUT2D eigenvalue weighted by atomic mass is 9.96. The Morgan fingerprint density at radius 2 is 1.93 bits per heavy atom. The van der Waals surface area contributed by atoms with E-state index >= 15 is 0 Å². The second kappa shape index (κ2) is 8.39. The van der Waals surface area contributed by atoms with Crippen LogP contribution in [-0.4, -0.2) is 22.4 Å². The van der Waals surface area contributed by atoms with Gasteiger partial charge in [0, 0.05) is 6.20 Å². The first-order valence-electron chi connectivity index (χ1n) is 9.41. The van der Waals surface area contributed by atoms with E-state index < -0.39 is 0 Å². The lowest BCUT2D eigenvalue weighted by molar-refractivity contribution is 0.0956. The lowest BCUT2D eigenvalue weighted by Gasteiger charge is -2.17. The summed E-state index contributed by atoms with van der Waals surface area (Å²) in [6, 6.07) is 12.6. The molecule has 0 aliphatic heterocycles. The van der Waals surface area contributed by atoms with Crippen molar-refractivity contribution in [3.63, 3.8) is 0 Å². The molecule has 3 aromatic heterocycles. The number of thiophene rings is 1. The molecule has 3 aromatic rings. The third-order valence-electron chi connectivity index (χ3n) is 4.75. The molecule has 6 nitrogen and oxygen atoms in total. The number of anilines is 1. The zero-order valence-corrected chi connectivity index (χ0v) is 16.2. The van der Waals surface area contributed by atoms with Crippen LogP contribution in [-0.2, 0) is 0 Å². The molecule has 0 saturated heterocycles. The Kier molecular flexibility index (Phi) is 5.53. The summed E-state index contributed by atoms with van der Waals surface area (Å²) in [6.07, 6.45) is 8.99. The number of pyridine rings is 1. The normalized spacial score (nSPS) is 15.5. The van der Waals surface area contributed by atoms with Crippen molar-refractivity contribution in [2.75, 3.05) is 5.32 Å². The molecule has 28 heavy (non-hydrogen) atoms. The quantitative estimate of drug-likeness (QED) is 0.715. The number of rotatable bonds is 4. The molecule has 7 heteroatoms. The number of amides is 1. The van der Waals surface area contributed by atoms with Crippen LogP contribution in [0.3, 0.4) is 0 Å². The maximum atomic E-state index is 13.0. The maximum absolute atomic E-state index is 13.0. The van der Waals surface area contributed by atoms with Crippen LogP contribution in [0.4, 0.5) is 5.00 Å². The summed E-state index contributed by atoms with van der Waals surface area (Å²) < 4.78 is 6.67. The van der Waals surface area contributed by atoms with Crippen LogP contribution in [0.1, 0.15) is 52.3 Å². The molecule has 4 rings (SSSR count). The van der Waals surface area contributed by atoms with Crippen molar-refractivity contribution >= 4 is 28.2 Å². The minimum absolute atomic E-state index is 0.154. The fraction of sp³-hybridized carbons (Fsp3) is 0.286. The molecule has 0 unspecified atom stereocenters. The summed E-state index contributed by atoms with van der Waals surface area (Å²) in [5, 5.41) is 3.34. The number of nitrogens with one attached hydrogen (secondary N) is 1. The van der Waals surface area contributed by atoms with Crippen LogP contribution >= 0.6 is 11.3 Å². The molecule has 144 valence electrons. The van der Waals surface area contributed by atoms with Gasteiger partial charge < -0.3 is 9.73 Å². The minimum atomic E-state index is -0.341. The van der Waals surface area contributed by atoms with Gasteiger partial charge in [0.2, 0.25) is 0 Å². The van der Waals surface area contributed by atoms with Crippen molar-refractivity contribution in [3.05, 3.63) is 71.0 Å². The van der Waals surface area contributed by atoms with Gasteiger partial charge >= 0.3 is 0 Å². The van der Waals surface area contributed by atoms with E-state index in [2.05, 4.69) is 5.32 Å². The Labute approximate surface area is 166 Å². The van der Waals surface area contributed by atoms with Crippen molar-refractivity contribution in [2.24, 2.45) is 4.99 Å². The molecule has 0 radical (unpaired) electrons. The molecule has 0 spiro atoms. The van der Waals surface area contributed by atoms with E-state index in [0.29, 0.717) is 15.4 Å². The van der Waals surface area contributed by atoms with Gasteiger partial charge in [0.1, 0.15) is 5.49 Å². The van der Waals surface area contributed by atoms with Crippen LogP contribution in [0.5, 0.6) is 0 Å². The van der Waals surface area contributed by atoms with E-state index in [1.165, 1.54) is 36.9 Å². The fourth-order valence-electron chi connectivity index (χ4n) is 3.33. The van der Waals surface area contributed by atoms with Gasteiger partial charge in [0.05, 0.1) is 22.2 Å². The third kappa shape index (κ3) is 4.14. The standard InChI is InChI=1S/C21H21N3O3S/c25-20(16-9-6-14-27-16)23-19-12-11-17(28-19)21(26)24-13-5-4-10-18(24)22-15-7-2-1-3-8-15/h4-6,9-15H,1-3,7-8H2,(H,23,25). The summed E-state index contributed by atoms with van der Waals surface area (Å²) in [7, 11) is 0. The Hall–Kier alpha value is -2.93. The van der Waals surface area contributed by atoms with Gasteiger partial charge in [-0.3, -0.25) is 19.1 Å². The molecule has 1 saturated carbocycles. The first-order chi connectivity index (χ1) is 13.7. The summed E-state index contributed by atoms with van der Waals surface area (Å²) in [5.74, 6) is -0.267. The number of hydrogen-bond donors (Lipinski definition) is 1. The highest BCUT2D eigenvalue weighted by molar-refractivity contribution is 7.18. The van der Waals surface area contributed by atoms with Crippen LogP contribution in [0.2, 0.25) is 0 Å². The number of carbonyl (C=O) groups excluding carboxylic acids is 2. The highest BCUT2D eigenvalue weighted by Gasteiger charge is 2.16. The summed E-state index contributed by atoms with van der Waals surface area (Å²) in [4.78, 5) is 30.5. The largest absolute Gasteiger partial charge is 0.459 e. The molecule has 3 heterocycles. The zero-order chi connectivity index (χ0) is 19.3. The Morgan fingerprint density at radius 3 is 2.71 bits per heavy atom. The highest BCUT2D eigenvalue weighted by Crippen LogP contribution is 2.23. The van der Waals surface area contributed by atoms with Crippen LogP contribution in [0.25, 0.3) is 0 Å². The average Bonchev–Trinajstić information content (AvgIpc) is 3.41. The molecule has 0 aromatic carbocycles. The average molecular weight is 395 g/mol. The van der Waals surface area contributed by atoms with Crippen molar-refractivity contribution in [1.29, 1.82) is 0 Å². The summed E-state index contributed by atoms with van der Waals surface area (Å²) in [6.45, 7) is 0. The number of aromatic nitrogens is 1. The Balaban J connectivity index is 1.55. The van der Waals surface area contributed by atoms with Crippen molar-refractivity contribution < 1.29 is 14.0 Å². The SMILES string of the molecule is O=C(Nc1ccc(C(=O)n2ccccc2=NC2CCCCC2)s1)c1ccco1. The zero-order valence-electron chi connectivity index (χ0n) is 15.3. The Bertz CT molecular complexity index is 1030. The first-order valence-corrected chi connectivity index (χ1v) is 10.2. The second-order valence-corrected chi connectivity index (χ2v) is 7.83. The molecule has 1 fully saturated rings. The van der Waals surface area contributed by atoms with Crippen molar-refractivity contribution in [1.82, 2.24) is 4.57 Å². The van der Waals surface area contributed by atoms with Crippen LogP contribution < -0.4 is 10.8 Å². The predicted molar refractivity (Wildman–Crippen MR) is 108 cm³/mol. The highest BCUT2D eigenvalue weighted by atomic mass is 32.1. The first kappa shape index (κ1) is 18.4. The molecule has 1 aliphatic rings. The van der Waals surface area contributed by atoms with Gasteiger partial charge in [-0.2, -0.15) is 0 Å². The van der Waals surface area contributed by atoms with Crippen LogP contribution in [0.15, 0.2) is 64.3 Å². The van der Waals surface area contributed by atoms with Gasteiger partial charge in [-0.1, -0.05) is 25.3 Å². The number of carbonyl (C=O) groups is 2. The third-order valence-corrected chi connectivity index (χ3v) is 5.73. The predicted octanol–water partition coefficient (Wildman–Crippen LogP) is 4.32. The van der Waals surface area contributed by atoms with E-state index in [0.717, 1.165) is 12.8 Å². The van der Waals surface area contributed by atoms with Gasteiger partial charge in [0.15, 0.2) is 5.76 Å². The minimum Gasteiger partial charge on any atom is -0.459 e. The molecule has 1 aliphatic carbocycles. The molecular weight excluding hydrogens is 374 g/mol. The van der Waals surface area contributed by atoms with Gasteiger partial charge in [0.25, 0.3) is 11.8 Å². The molecule has 0 bridgehead atoms. The van der Waals surface area contributed by atoms with E-state index in [4.69, 9.17) is 9.41 Å². The number of nitrogens with zero attached hydrogens (tertiary/aromatic N) is 2.